The molecule has 0 aliphatic heterocycles. The summed E-state index contributed by atoms with van der Waals surface area (Å²) in [7, 11) is 2.81. The molecule has 2 rings (SSSR count). The summed E-state index contributed by atoms with van der Waals surface area (Å²) in [5.74, 6) is -2.26. The normalized spacial score (nSPS) is 14.6. The third-order valence-electron chi connectivity index (χ3n) is 8.55. The molecular formula is C43H65FN2O8. The molecule has 10 nitrogen and oxygen atoms in total. The standard InChI is InChI=1S/C43H65FN2O8/c1-29(27-51-28-31-18-16-15-17-19-31)52-37(48)33(25-40(2,3)4)45(13)36(47)35(24-30-20-22-32(23-21-30)41(5,6)7)53-38(49)34(26-43(11,12)44)46(14)39(50)54-42(8,9)10/h15-23,29,33-35H,24-28H2,1-14H3/t29-,33+,34+,35-/m1/s1. The molecular weight excluding hydrogens is 691 g/mol. The minimum atomic E-state index is -1.89. The highest BCUT2D eigenvalue weighted by Crippen LogP contribution is 2.28. The van der Waals surface area contributed by atoms with Crippen LogP contribution in [-0.2, 0) is 51.8 Å². The van der Waals surface area contributed by atoms with Crippen LogP contribution in [0.5, 0.6) is 0 Å². The number of halogens is 1. The minimum absolute atomic E-state index is 0.0394. The average molecular weight is 757 g/mol. The molecule has 2 aromatic carbocycles. The number of carbonyl (C=O) groups excluding carboxylic acids is 4. The first-order chi connectivity index (χ1) is 24.7. The Labute approximate surface area is 323 Å². The zero-order valence-electron chi connectivity index (χ0n) is 35.1. The first-order valence-electron chi connectivity index (χ1n) is 18.7. The summed E-state index contributed by atoms with van der Waals surface area (Å²) in [5, 5.41) is 0. The van der Waals surface area contributed by atoms with E-state index in [0.29, 0.717) is 12.2 Å². The molecule has 0 N–H and O–H groups in total. The van der Waals surface area contributed by atoms with Crippen molar-refractivity contribution in [1.82, 2.24) is 9.80 Å². The van der Waals surface area contributed by atoms with E-state index in [4.69, 9.17) is 18.9 Å². The van der Waals surface area contributed by atoms with E-state index < -0.39 is 71.3 Å². The molecule has 0 saturated heterocycles. The molecule has 0 aliphatic rings. The van der Waals surface area contributed by atoms with Crippen LogP contribution in [0.15, 0.2) is 54.6 Å². The lowest BCUT2D eigenvalue weighted by atomic mass is 9.86. The molecule has 11 heteroatoms. The van der Waals surface area contributed by atoms with Crippen molar-refractivity contribution in [3.8, 4) is 0 Å². The van der Waals surface area contributed by atoms with Crippen LogP contribution >= 0.6 is 0 Å². The third-order valence-corrected chi connectivity index (χ3v) is 8.55. The van der Waals surface area contributed by atoms with Gasteiger partial charge in [-0.2, -0.15) is 0 Å². The van der Waals surface area contributed by atoms with Crippen molar-refractivity contribution in [2.24, 2.45) is 5.41 Å². The fourth-order valence-corrected chi connectivity index (χ4v) is 5.62. The van der Waals surface area contributed by atoms with E-state index in [2.05, 4.69) is 20.8 Å². The van der Waals surface area contributed by atoms with Gasteiger partial charge in [0.2, 0.25) is 0 Å². The number of alkyl halides is 1. The molecule has 0 spiro atoms. The zero-order valence-corrected chi connectivity index (χ0v) is 35.1. The Balaban J connectivity index is 2.45. The lowest BCUT2D eigenvalue weighted by Gasteiger charge is -2.35. The number of amides is 2. The van der Waals surface area contributed by atoms with Gasteiger partial charge in [0, 0.05) is 26.9 Å². The maximum absolute atomic E-state index is 15.2. The van der Waals surface area contributed by atoms with Gasteiger partial charge in [0.1, 0.15) is 29.5 Å². The predicted molar refractivity (Wildman–Crippen MR) is 209 cm³/mol. The van der Waals surface area contributed by atoms with Gasteiger partial charge >= 0.3 is 18.0 Å². The molecule has 302 valence electrons. The number of ether oxygens (including phenoxy) is 4. The molecule has 4 atom stereocenters. The highest BCUT2D eigenvalue weighted by Gasteiger charge is 2.41. The maximum atomic E-state index is 15.2. The highest BCUT2D eigenvalue weighted by atomic mass is 19.1. The van der Waals surface area contributed by atoms with Gasteiger partial charge in [0.05, 0.1) is 13.2 Å². The summed E-state index contributed by atoms with van der Waals surface area (Å²) >= 11 is 0. The number of benzene rings is 2. The number of nitrogens with zero attached hydrogens (tertiary/aromatic N) is 2. The van der Waals surface area contributed by atoms with E-state index >= 15 is 4.39 Å². The predicted octanol–water partition coefficient (Wildman–Crippen LogP) is 8.22. The summed E-state index contributed by atoms with van der Waals surface area (Å²) in [4.78, 5) is 57.7. The number of rotatable bonds is 16. The Kier molecular flexibility index (Phi) is 16.3. The molecule has 2 aromatic rings. The third kappa shape index (κ3) is 16.2. The van der Waals surface area contributed by atoms with Gasteiger partial charge in [-0.15, -0.1) is 0 Å². The molecule has 0 aromatic heterocycles. The first-order valence-corrected chi connectivity index (χ1v) is 18.7. The summed E-state index contributed by atoms with van der Waals surface area (Å²) < 4.78 is 38.2. The van der Waals surface area contributed by atoms with Crippen molar-refractivity contribution in [2.75, 3.05) is 20.7 Å². The second kappa shape index (κ2) is 19.0. The fraction of sp³-hybridized carbons (Fsp3) is 0.628. The Morgan fingerprint density at radius 2 is 1.24 bits per heavy atom. The molecule has 0 radical (unpaired) electrons. The smallest absolute Gasteiger partial charge is 0.410 e. The summed E-state index contributed by atoms with van der Waals surface area (Å²) in [6, 6.07) is 14.8. The molecule has 0 heterocycles. The van der Waals surface area contributed by atoms with Crippen LogP contribution in [-0.4, -0.2) is 90.0 Å². The summed E-state index contributed by atoms with van der Waals surface area (Å²) in [6.45, 7) is 21.9. The topological polar surface area (TPSA) is 112 Å². The van der Waals surface area contributed by atoms with Crippen LogP contribution in [0.25, 0.3) is 0 Å². The van der Waals surface area contributed by atoms with Gasteiger partial charge in [0.25, 0.3) is 5.91 Å². The Morgan fingerprint density at radius 3 is 1.74 bits per heavy atom. The van der Waals surface area contributed by atoms with Gasteiger partial charge in [-0.3, -0.25) is 9.69 Å². The number of esters is 2. The van der Waals surface area contributed by atoms with Crippen LogP contribution < -0.4 is 0 Å². The van der Waals surface area contributed by atoms with Gasteiger partial charge in [-0.25, -0.2) is 18.8 Å². The van der Waals surface area contributed by atoms with Crippen molar-refractivity contribution in [3.63, 3.8) is 0 Å². The molecule has 54 heavy (non-hydrogen) atoms. The van der Waals surface area contributed by atoms with E-state index in [-0.39, 0.29) is 24.9 Å². The number of likely N-dealkylation sites (N-methyl/N-ethyl adjacent to an activating group) is 2. The van der Waals surface area contributed by atoms with E-state index in [0.717, 1.165) is 16.0 Å². The van der Waals surface area contributed by atoms with Gasteiger partial charge < -0.3 is 23.8 Å². The highest BCUT2D eigenvalue weighted by molar-refractivity contribution is 5.90. The number of hydrogen-bond donors (Lipinski definition) is 0. The largest absolute Gasteiger partial charge is 0.459 e. The minimum Gasteiger partial charge on any atom is -0.459 e. The van der Waals surface area contributed by atoms with E-state index in [9.17, 15) is 19.2 Å². The van der Waals surface area contributed by atoms with Crippen LogP contribution in [0.3, 0.4) is 0 Å². The average Bonchev–Trinajstić information content (AvgIpc) is 3.03. The summed E-state index contributed by atoms with van der Waals surface area (Å²) in [5.41, 5.74) is -0.546. The number of carbonyl (C=O) groups is 4. The molecule has 0 fully saturated rings. The van der Waals surface area contributed by atoms with Crippen molar-refractivity contribution < 1.29 is 42.5 Å². The Hall–Kier alpha value is -3.99. The van der Waals surface area contributed by atoms with Gasteiger partial charge in [-0.05, 0) is 75.5 Å². The van der Waals surface area contributed by atoms with E-state index in [1.807, 2.05) is 75.4 Å². The lowest BCUT2D eigenvalue weighted by Crippen LogP contribution is -2.53. The van der Waals surface area contributed by atoms with Gasteiger partial charge in [-0.1, -0.05) is 96.1 Å². The van der Waals surface area contributed by atoms with E-state index in [1.165, 1.54) is 32.8 Å². The zero-order chi connectivity index (χ0) is 41.2. The van der Waals surface area contributed by atoms with Crippen LogP contribution in [0, 0.1) is 5.41 Å². The van der Waals surface area contributed by atoms with Crippen molar-refractivity contribution in [2.45, 2.75) is 150 Å². The van der Waals surface area contributed by atoms with Crippen molar-refractivity contribution in [1.29, 1.82) is 0 Å². The van der Waals surface area contributed by atoms with Crippen LogP contribution in [0.4, 0.5) is 9.18 Å². The fourth-order valence-electron chi connectivity index (χ4n) is 5.62. The Morgan fingerprint density at radius 1 is 0.704 bits per heavy atom. The van der Waals surface area contributed by atoms with Crippen LogP contribution in [0.2, 0.25) is 0 Å². The quantitative estimate of drug-likeness (QED) is 0.125. The lowest BCUT2D eigenvalue weighted by molar-refractivity contribution is -0.170. The second-order valence-corrected chi connectivity index (χ2v) is 18.1. The van der Waals surface area contributed by atoms with Crippen molar-refractivity contribution >= 4 is 23.9 Å². The van der Waals surface area contributed by atoms with E-state index in [1.54, 1.807) is 27.7 Å². The SMILES string of the molecule is C[C@H](COCc1ccccc1)OC(=O)[C@H](CC(C)(C)C)N(C)C(=O)[C@@H](Cc1ccc(C(C)(C)C)cc1)OC(=O)[C@H](CC(C)(C)F)N(C)C(=O)OC(C)(C)C. The first kappa shape index (κ1) is 46.2. The second-order valence-electron chi connectivity index (χ2n) is 18.1. The number of hydrogen-bond acceptors (Lipinski definition) is 8. The van der Waals surface area contributed by atoms with Crippen LogP contribution in [0.1, 0.15) is 113 Å². The van der Waals surface area contributed by atoms with Gasteiger partial charge in [0.15, 0.2) is 6.10 Å². The maximum Gasteiger partial charge on any atom is 0.410 e. The monoisotopic (exact) mass is 756 g/mol. The molecule has 0 saturated carbocycles. The summed E-state index contributed by atoms with van der Waals surface area (Å²) in [6.07, 6.45) is -3.10. The molecule has 2 amide bonds. The molecule has 0 unspecified atom stereocenters. The molecule has 0 aliphatic carbocycles. The van der Waals surface area contributed by atoms with Crippen molar-refractivity contribution in [3.05, 3.63) is 71.3 Å². The Bertz CT molecular complexity index is 1520. The molecule has 0 bridgehead atoms.